The average molecular weight is 267 g/mol. The Morgan fingerprint density at radius 2 is 2.26 bits per heavy atom. The van der Waals surface area contributed by atoms with Crippen molar-refractivity contribution in [2.45, 2.75) is 31.2 Å². The molecule has 2 N–H and O–H groups in total. The van der Waals surface area contributed by atoms with Crippen molar-refractivity contribution in [1.29, 1.82) is 0 Å². The maximum Gasteiger partial charge on any atom is 0.224 e. The molecule has 0 atom stereocenters. The van der Waals surface area contributed by atoms with Crippen LogP contribution in [0, 0.1) is 5.82 Å². The molecule has 1 aromatic carbocycles. The molecule has 0 spiro atoms. The van der Waals surface area contributed by atoms with Crippen LogP contribution in [0.25, 0.3) is 0 Å². The number of rotatable bonds is 5. The van der Waals surface area contributed by atoms with Gasteiger partial charge in [-0.1, -0.05) is 6.07 Å². The first-order valence-corrected chi connectivity index (χ1v) is 6.33. The molecule has 0 aromatic heterocycles. The van der Waals surface area contributed by atoms with E-state index < -0.39 is 11.4 Å². The Labute approximate surface area is 111 Å². The minimum absolute atomic E-state index is 0.0459. The highest BCUT2D eigenvalue weighted by molar-refractivity contribution is 5.79. The highest BCUT2D eigenvalue weighted by atomic mass is 19.1. The van der Waals surface area contributed by atoms with Crippen molar-refractivity contribution in [3.8, 4) is 5.75 Å². The Kier molecular flexibility index (Phi) is 4.04. The van der Waals surface area contributed by atoms with Gasteiger partial charge in [0.1, 0.15) is 0 Å². The summed E-state index contributed by atoms with van der Waals surface area (Å²) in [6, 6.07) is 4.46. The van der Waals surface area contributed by atoms with Crippen LogP contribution in [0.2, 0.25) is 0 Å². The smallest absolute Gasteiger partial charge is 0.224 e. The summed E-state index contributed by atoms with van der Waals surface area (Å²) in [6.45, 7) is -0.0459. The number of carbonyl (C=O) groups excluding carboxylic acids is 1. The molecule has 1 saturated carbocycles. The molecular formula is C14H18FNO3. The third kappa shape index (κ3) is 3.04. The monoisotopic (exact) mass is 267 g/mol. The number of halogens is 1. The molecule has 0 unspecified atom stereocenters. The lowest BCUT2D eigenvalue weighted by Crippen LogP contribution is -2.56. The molecular weight excluding hydrogens is 249 g/mol. The van der Waals surface area contributed by atoms with Crippen molar-refractivity contribution in [1.82, 2.24) is 5.32 Å². The van der Waals surface area contributed by atoms with Crippen LogP contribution in [0.15, 0.2) is 18.2 Å². The minimum atomic E-state index is -0.478. The number of carbonyl (C=O) groups is 1. The van der Waals surface area contributed by atoms with Crippen molar-refractivity contribution in [2.75, 3.05) is 13.7 Å². The lowest BCUT2D eigenvalue weighted by molar-refractivity contribution is -0.124. The van der Waals surface area contributed by atoms with E-state index in [2.05, 4.69) is 5.32 Å². The van der Waals surface area contributed by atoms with Crippen LogP contribution in [0.1, 0.15) is 24.8 Å². The van der Waals surface area contributed by atoms with Crippen LogP contribution in [0.3, 0.4) is 0 Å². The Morgan fingerprint density at radius 3 is 2.74 bits per heavy atom. The summed E-state index contributed by atoms with van der Waals surface area (Å²) in [4.78, 5) is 11.9. The predicted molar refractivity (Wildman–Crippen MR) is 68.5 cm³/mol. The fraction of sp³-hybridized carbons (Fsp3) is 0.500. The van der Waals surface area contributed by atoms with Gasteiger partial charge in [0, 0.05) is 0 Å². The summed E-state index contributed by atoms with van der Waals surface area (Å²) < 4.78 is 18.3. The van der Waals surface area contributed by atoms with Crippen molar-refractivity contribution >= 4 is 5.91 Å². The quantitative estimate of drug-likeness (QED) is 0.848. The molecule has 4 nitrogen and oxygen atoms in total. The molecule has 2 rings (SSSR count). The molecule has 1 aliphatic carbocycles. The van der Waals surface area contributed by atoms with Crippen LogP contribution in [-0.4, -0.2) is 30.3 Å². The lowest BCUT2D eigenvalue weighted by atomic mass is 9.77. The summed E-state index contributed by atoms with van der Waals surface area (Å²) in [7, 11) is 1.40. The Balaban J connectivity index is 1.97. The molecule has 104 valence electrons. The van der Waals surface area contributed by atoms with Crippen molar-refractivity contribution < 1.29 is 19.0 Å². The second kappa shape index (κ2) is 5.57. The van der Waals surface area contributed by atoms with Crippen LogP contribution >= 0.6 is 0 Å². The second-order valence-corrected chi connectivity index (χ2v) is 4.99. The number of hydrogen-bond acceptors (Lipinski definition) is 3. The maximum absolute atomic E-state index is 13.5. The van der Waals surface area contributed by atoms with Gasteiger partial charge in [0.15, 0.2) is 11.6 Å². The first-order chi connectivity index (χ1) is 9.08. The molecule has 0 bridgehead atoms. The Morgan fingerprint density at radius 1 is 1.53 bits per heavy atom. The van der Waals surface area contributed by atoms with Crippen LogP contribution in [-0.2, 0) is 11.2 Å². The second-order valence-electron chi connectivity index (χ2n) is 4.99. The van der Waals surface area contributed by atoms with Gasteiger partial charge in [-0.15, -0.1) is 0 Å². The zero-order valence-electron chi connectivity index (χ0n) is 10.9. The van der Waals surface area contributed by atoms with Crippen LogP contribution in [0.4, 0.5) is 4.39 Å². The molecule has 1 aliphatic rings. The van der Waals surface area contributed by atoms with E-state index in [9.17, 15) is 14.3 Å². The number of ether oxygens (including phenoxy) is 1. The molecule has 0 saturated heterocycles. The zero-order valence-corrected chi connectivity index (χ0v) is 10.9. The first-order valence-electron chi connectivity index (χ1n) is 6.33. The molecule has 0 radical (unpaired) electrons. The van der Waals surface area contributed by atoms with E-state index in [-0.39, 0.29) is 24.7 Å². The molecule has 0 aliphatic heterocycles. The van der Waals surface area contributed by atoms with Gasteiger partial charge in [-0.05, 0) is 37.0 Å². The third-order valence-corrected chi connectivity index (χ3v) is 3.60. The van der Waals surface area contributed by atoms with E-state index in [4.69, 9.17) is 4.74 Å². The SMILES string of the molecule is COc1ccc(CC(=O)NC2(CO)CCC2)cc1F. The van der Waals surface area contributed by atoms with Crippen LogP contribution in [0.5, 0.6) is 5.75 Å². The van der Waals surface area contributed by atoms with Gasteiger partial charge >= 0.3 is 0 Å². The van der Waals surface area contributed by atoms with E-state index in [1.807, 2.05) is 0 Å². The number of aliphatic hydroxyl groups is 1. The maximum atomic E-state index is 13.5. The third-order valence-electron chi connectivity index (χ3n) is 3.60. The summed E-state index contributed by atoms with van der Waals surface area (Å²) in [5, 5.41) is 12.1. The fourth-order valence-electron chi connectivity index (χ4n) is 2.27. The number of benzene rings is 1. The zero-order chi connectivity index (χ0) is 13.9. The summed E-state index contributed by atoms with van der Waals surface area (Å²) in [5.41, 5.74) is 0.130. The van der Waals surface area contributed by atoms with Gasteiger partial charge in [-0.25, -0.2) is 4.39 Å². The van der Waals surface area contributed by atoms with Crippen molar-refractivity contribution in [2.24, 2.45) is 0 Å². The molecule has 1 amide bonds. The summed E-state index contributed by atoms with van der Waals surface area (Å²) >= 11 is 0. The molecule has 1 fully saturated rings. The standard InChI is InChI=1S/C14H18FNO3/c1-19-12-4-3-10(7-11(12)15)8-13(18)16-14(9-17)5-2-6-14/h3-4,7,17H,2,5-6,8-9H2,1H3,(H,16,18). The largest absolute Gasteiger partial charge is 0.494 e. The molecule has 1 aromatic rings. The number of methoxy groups -OCH3 is 1. The van der Waals surface area contributed by atoms with Crippen LogP contribution < -0.4 is 10.1 Å². The van der Waals surface area contributed by atoms with Gasteiger partial charge in [-0.3, -0.25) is 4.79 Å². The van der Waals surface area contributed by atoms with E-state index in [1.54, 1.807) is 6.07 Å². The highest BCUT2D eigenvalue weighted by Gasteiger charge is 2.37. The number of amides is 1. The first kappa shape index (κ1) is 13.8. The summed E-state index contributed by atoms with van der Waals surface area (Å²) in [5.74, 6) is -0.512. The molecule has 5 heteroatoms. The number of nitrogens with one attached hydrogen (secondary N) is 1. The lowest BCUT2D eigenvalue weighted by Gasteiger charge is -2.41. The number of aliphatic hydroxyl groups excluding tert-OH is 1. The molecule has 0 heterocycles. The Bertz CT molecular complexity index is 466. The minimum Gasteiger partial charge on any atom is -0.494 e. The number of hydrogen-bond donors (Lipinski definition) is 2. The van der Waals surface area contributed by atoms with Gasteiger partial charge < -0.3 is 15.2 Å². The van der Waals surface area contributed by atoms with E-state index in [0.29, 0.717) is 5.56 Å². The van der Waals surface area contributed by atoms with Gasteiger partial charge in [0.05, 0.1) is 25.7 Å². The van der Waals surface area contributed by atoms with Crippen molar-refractivity contribution in [3.05, 3.63) is 29.6 Å². The van der Waals surface area contributed by atoms with E-state index >= 15 is 0 Å². The highest BCUT2D eigenvalue weighted by Crippen LogP contribution is 2.31. The summed E-state index contributed by atoms with van der Waals surface area (Å²) in [6.07, 6.45) is 2.71. The van der Waals surface area contributed by atoms with Gasteiger partial charge in [0.2, 0.25) is 5.91 Å². The molecule has 19 heavy (non-hydrogen) atoms. The fourth-order valence-corrected chi connectivity index (χ4v) is 2.27. The predicted octanol–water partition coefficient (Wildman–Crippen LogP) is 1.41. The Hall–Kier alpha value is -1.62. The normalized spacial score (nSPS) is 16.6. The van der Waals surface area contributed by atoms with E-state index in [1.165, 1.54) is 19.2 Å². The van der Waals surface area contributed by atoms with Crippen molar-refractivity contribution in [3.63, 3.8) is 0 Å². The van der Waals surface area contributed by atoms with Gasteiger partial charge in [0.25, 0.3) is 0 Å². The average Bonchev–Trinajstić information content (AvgIpc) is 2.34. The van der Waals surface area contributed by atoms with E-state index in [0.717, 1.165) is 19.3 Å². The topological polar surface area (TPSA) is 58.6 Å². The van der Waals surface area contributed by atoms with Gasteiger partial charge in [-0.2, -0.15) is 0 Å².